The lowest BCUT2D eigenvalue weighted by atomic mass is 10.0. The van der Waals surface area contributed by atoms with Gasteiger partial charge in [-0.05, 0) is 25.9 Å². The average molecular weight is 186 g/mol. The van der Waals surface area contributed by atoms with E-state index in [4.69, 9.17) is 5.73 Å². The molecule has 0 aromatic rings. The van der Waals surface area contributed by atoms with Crippen molar-refractivity contribution < 1.29 is 4.79 Å². The number of primary amides is 1. The first-order chi connectivity index (χ1) is 6.18. The quantitative estimate of drug-likeness (QED) is 0.561. The summed E-state index contributed by atoms with van der Waals surface area (Å²) in [5.41, 5.74) is 5.15. The van der Waals surface area contributed by atoms with Crippen LogP contribution in [0, 0.1) is 5.92 Å². The van der Waals surface area contributed by atoms with E-state index in [-0.39, 0.29) is 11.8 Å². The molecule has 1 atom stereocenters. The van der Waals surface area contributed by atoms with Gasteiger partial charge >= 0.3 is 0 Å². The second-order valence-corrected chi connectivity index (χ2v) is 3.51. The van der Waals surface area contributed by atoms with Gasteiger partial charge in [-0.2, -0.15) is 0 Å². The summed E-state index contributed by atoms with van der Waals surface area (Å²) in [6, 6.07) is 0. The number of hydrogen-bond donors (Lipinski definition) is 2. The fraction of sp³-hybridized carbons (Fsp3) is 0.900. The summed E-state index contributed by atoms with van der Waals surface area (Å²) < 4.78 is 0. The van der Waals surface area contributed by atoms with Gasteiger partial charge in [0.15, 0.2) is 0 Å². The van der Waals surface area contributed by atoms with E-state index in [9.17, 15) is 4.79 Å². The van der Waals surface area contributed by atoms with Crippen molar-refractivity contribution in [3.63, 3.8) is 0 Å². The van der Waals surface area contributed by atoms with E-state index in [1.807, 2.05) is 6.92 Å². The average Bonchev–Trinajstić information content (AvgIpc) is 2.10. The molecule has 0 aliphatic carbocycles. The van der Waals surface area contributed by atoms with Crippen LogP contribution in [0.15, 0.2) is 0 Å². The molecule has 0 rings (SSSR count). The van der Waals surface area contributed by atoms with Crippen molar-refractivity contribution in [1.29, 1.82) is 0 Å². The number of nitrogens with one attached hydrogen (secondary N) is 1. The van der Waals surface area contributed by atoms with Gasteiger partial charge in [0, 0.05) is 5.92 Å². The van der Waals surface area contributed by atoms with Gasteiger partial charge in [0.25, 0.3) is 0 Å². The van der Waals surface area contributed by atoms with E-state index in [0.29, 0.717) is 0 Å². The standard InChI is InChI=1S/C10H22N2O/c1-3-12-8-6-4-5-7-9(2)10(11)13/h9,12H,3-8H2,1-2H3,(H2,11,13)/t9-/m0/s1. The first-order valence-electron chi connectivity index (χ1n) is 5.18. The predicted octanol–water partition coefficient (Wildman–Crippen LogP) is 1.28. The van der Waals surface area contributed by atoms with Gasteiger partial charge in [-0.25, -0.2) is 0 Å². The van der Waals surface area contributed by atoms with E-state index >= 15 is 0 Å². The summed E-state index contributed by atoms with van der Waals surface area (Å²) in [5.74, 6) is -0.134. The van der Waals surface area contributed by atoms with Crippen LogP contribution in [0.2, 0.25) is 0 Å². The van der Waals surface area contributed by atoms with Crippen molar-refractivity contribution in [3.05, 3.63) is 0 Å². The van der Waals surface area contributed by atoms with Crippen molar-refractivity contribution in [3.8, 4) is 0 Å². The Morgan fingerprint density at radius 2 is 2.08 bits per heavy atom. The van der Waals surface area contributed by atoms with Crippen LogP contribution in [0.5, 0.6) is 0 Å². The minimum absolute atomic E-state index is 0.0409. The van der Waals surface area contributed by atoms with Crippen molar-refractivity contribution in [1.82, 2.24) is 5.32 Å². The Morgan fingerprint density at radius 1 is 1.38 bits per heavy atom. The molecule has 3 N–H and O–H groups in total. The summed E-state index contributed by atoms with van der Waals surface area (Å²) in [6.45, 7) is 6.13. The Kier molecular flexibility index (Phi) is 7.69. The van der Waals surface area contributed by atoms with E-state index in [1.54, 1.807) is 0 Å². The maximum atomic E-state index is 10.7. The van der Waals surface area contributed by atoms with Crippen LogP contribution in [-0.2, 0) is 4.79 Å². The van der Waals surface area contributed by atoms with Gasteiger partial charge in [-0.3, -0.25) is 4.79 Å². The summed E-state index contributed by atoms with van der Waals surface area (Å²) in [6.07, 6.45) is 4.42. The maximum Gasteiger partial charge on any atom is 0.220 e. The Balaban J connectivity index is 3.11. The molecule has 0 spiro atoms. The van der Waals surface area contributed by atoms with Crippen LogP contribution < -0.4 is 11.1 Å². The lowest BCUT2D eigenvalue weighted by molar-refractivity contribution is -0.121. The first-order valence-corrected chi connectivity index (χ1v) is 5.18. The van der Waals surface area contributed by atoms with Gasteiger partial charge in [0.2, 0.25) is 5.91 Å². The largest absolute Gasteiger partial charge is 0.369 e. The molecule has 0 aliphatic rings. The molecule has 13 heavy (non-hydrogen) atoms. The third-order valence-electron chi connectivity index (χ3n) is 2.23. The Morgan fingerprint density at radius 3 is 2.62 bits per heavy atom. The highest BCUT2D eigenvalue weighted by Crippen LogP contribution is 2.07. The second-order valence-electron chi connectivity index (χ2n) is 3.51. The summed E-state index contributed by atoms with van der Waals surface area (Å²) in [5, 5.41) is 3.27. The lowest BCUT2D eigenvalue weighted by Crippen LogP contribution is -2.20. The van der Waals surface area contributed by atoms with Crippen molar-refractivity contribution in [2.75, 3.05) is 13.1 Å². The van der Waals surface area contributed by atoms with E-state index in [0.717, 1.165) is 25.9 Å². The van der Waals surface area contributed by atoms with Crippen LogP contribution in [0.1, 0.15) is 39.5 Å². The minimum atomic E-state index is -0.174. The molecule has 0 fully saturated rings. The van der Waals surface area contributed by atoms with Gasteiger partial charge < -0.3 is 11.1 Å². The number of hydrogen-bond acceptors (Lipinski definition) is 2. The maximum absolute atomic E-state index is 10.7. The van der Waals surface area contributed by atoms with Crippen molar-refractivity contribution >= 4 is 5.91 Å². The zero-order chi connectivity index (χ0) is 10.1. The molecule has 0 radical (unpaired) electrons. The third-order valence-corrected chi connectivity index (χ3v) is 2.23. The highest BCUT2D eigenvalue weighted by molar-refractivity contribution is 5.76. The first kappa shape index (κ1) is 12.4. The van der Waals surface area contributed by atoms with Crippen LogP contribution in [-0.4, -0.2) is 19.0 Å². The molecule has 0 saturated carbocycles. The summed E-state index contributed by atoms with van der Waals surface area (Å²) in [7, 11) is 0. The van der Waals surface area contributed by atoms with E-state index < -0.39 is 0 Å². The molecule has 3 heteroatoms. The molecule has 0 aromatic heterocycles. The Labute approximate surface area is 81.1 Å². The van der Waals surface area contributed by atoms with Crippen LogP contribution in [0.25, 0.3) is 0 Å². The van der Waals surface area contributed by atoms with Gasteiger partial charge in [0.05, 0.1) is 0 Å². The van der Waals surface area contributed by atoms with Crippen LogP contribution in [0.4, 0.5) is 0 Å². The molecule has 0 heterocycles. The predicted molar refractivity (Wildman–Crippen MR) is 55.4 cm³/mol. The SMILES string of the molecule is CCNCCCCC[C@H](C)C(N)=O. The van der Waals surface area contributed by atoms with Gasteiger partial charge in [-0.15, -0.1) is 0 Å². The fourth-order valence-corrected chi connectivity index (χ4v) is 1.20. The normalized spacial score (nSPS) is 12.8. The highest BCUT2D eigenvalue weighted by Gasteiger charge is 2.06. The van der Waals surface area contributed by atoms with E-state index in [1.165, 1.54) is 12.8 Å². The summed E-state index contributed by atoms with van der Waals surface area (Å²) in [4.78, 5) is 10.7. The van der Waals surface area contributed by atoms with Crippen molar-refractivity contribution in [2.45, 2.75) is 39.5 Å². The number of carbonyl (C=O) groups is 1. The number of nitrogens with two attached hydrogens (primary N) is 1. The van der Waals surface area contributed by atoms with Crippen molar-refractivity contribution in [2.24, 2.45) is 11.7 Å². The monoisotopic (exact) mass is 186 g/mol. The zero-order valence-corrected chi connectivity index (χ0v) is 8.81. The fourth-order valence-electron chi connectivity index (χ4n) is 1.20. The minimum Gasteiger partial charge on any atom is -0.369 e. The van der Waals surface area contributed by atoms with Gasteiger partial charge in [0.1, 0.15) is 0 Å². The molecule has 0 unspecified atom stereocenters. The number of amides is 1. The Bertz CT molecular complexity index is 137. The van der Waals surface area contributed by atoms with Gasteiger partial charge in [-0.1, -0.05) is 26.7 Å². The van der Waals surface area contributed by atoms with Crippen LogP contribution in [0.3, 0.4) is 0 Å². The number of rotatable bonds is 8. The molecular weight excluding hydrogens is 164 g/mol. The molecule has 78 valence electrons. The highest BCUT2D eigenvalue weighted by atomic mass is 16.1. The smallest absolute Gasteiger partial charge is 0.220 e. The third kappa shape index (κ3) is 7.78. The molecular formula is C10H22N2O. The molecule has 1 amide bonds. The molecule has 3 nitrogen and oxygen atoms in total. The number of carbonyl (C=O) groups excluding carboxylic acids is 1. The molecule has 0 aromatic carbocycles. The van der Waals surface area contributed by atoms with Crippen LogP contribution >= 0.6 is 0 Å². The number of unbranched alkanes of at least 4 members (excludes halogenated alkanes) is 2. The molecule has 0 saturated heterocycles. The second kappa shape index (κ2) is 8.05. The lowest BCUT2D eigenvalue weighted by Gasteiger charge is -2.06. The molecule has 0 bridgehead atoms. The zero-order valence-electron chi connectivity index (χ0n) is 8.81. The summed E-state index contributed by atoms with van der Waals surface area (Å²) >= 11 is 0. The molecule has 0 aliphatic heterocycles. The Hall–Kier alpha value is -0.570. The van der Waals surface area contributed by atoms with E-state index in [2.05, 4.69) is 12.2 Å². The topological polar surface area (TPSA) is 55.1 Å².